The molecule has 0 unspecified atom stereocenters. The van der Waals surface area contributed by atoms with Crippen LogP contribution in [-0.4, -0.2) is 14.9 Å². The zero-order valence-corrected chi connectivity index (χ0v) is 9.21. The maximum absolute atomic E-state index is 5.48. The van der Waals surface area contributed by atoms with Crippen LogP contribution in [0.3, 0.4) is 0 Å². The van der Waals surface area contributed by atoms with E-state index in [0.717, 1.165) is 23.7 Å². The fourth-order valence-electron chi connectivity index (χ4n) is 1.17. The Hall–Kier alpha value is -1.17. The lowest BCUT2D eigenvalue weighted by molar-refractivity contribution is 0.632. The minimum absolute atomic E-state index is 0.395. The van der Waals surface area contributed by atoms with Crippen LogP contribution in [0.2, 0.25) is 0 Å². The van der Waals surface area contributed by atoms with E-state index < -0.39 is 0 Å². The normalized spacial score (nSPS) is 12.0. The molecule has 78 valence electrons. The summed E-state index contributed by atoms with van der Waals surface area (Å²) in [6.45, 7) is 4.89. The molecule has 0 spiro atoms. The summed E-state index contributed by atoms with van der Waals surface area (Å²) >= 11 is 1.41. The highest BCUT2D eigenvalue weighted by Gasteiger charge is 2.04. The molecular weight excluding hydrogens is 198 g/mol. The van der Waals surface area contributed by atoms with Crippen LogP contribution in [0.5, 0.6) is 0 Å². The molecule has 0 saturated heterocycles. The topological polar surface area (TPSA) is 82.2 Å². The number of thioether (sulfide) groups is 1. The van der Waals surface area contributed by atoms with Gasteiger partial charge in [-0.05, 0) is 19.9 Å². The minimum atomic E-state index is 0.395. The Balaban J connectivity index is 2.66. The standard InChI is InChI=1S/C8H15N5S/c1-3-13-7(4-6(2)12-13)5-14-8(9)11-10/h4H,3,5,10H2,1-2H3,(H2,9,11). The van der Waals surface area contributed by atoms with E-state index >= 15 is 0 Å². The monoisotopic (exact) mass is 213 g/mol. The summed E-state index contributed by atoms with van der Waals surface area (Å²) < 4.78 is 1.95. The van der Waals surface area contributed by atoms with Crippen LogP contribution in [-0.2, 0) is 12.3 Å². The lowest BCUT2D eigenvalue weighted by Gasteiger charge is -2.02. The predicted octanol–water partition coefficient (Wildman–Crippen LogP) is 0.633. The molecule has 0 saturated carbocycles. The van der Waals surface area contributed by atoms with Crippen molar-refractivity contribution in [3.05, 3.63) is 17.5 Å². The maximum Gasteiger partial charge on any atom is 0.177 e. The Kier molecular flexibility index (Phi) is 3.82. The van der Waals surface area contributed by atoms with Gasteiger partial charge in [0.15, 0.2) is 5.17 Å². The number of aryl methyl sites for hydroxylation is 2. The number of hydrogen-bond acceptors (Lipinski definition) is 4. The van der Waals surface area contributed by atoms with E-state index in [-0.39, 0.29) is 0 Å². The molecule has 14 heavy (non-hydrogen) atoms. The third-order valence-electron chi connectivity index (χ3n) is 1.78. The second kappa shape index (κ2) is 4.90. The molecule has 0 fully saturated rings. The van der Waals surface area contributed by atoms with Crippen LogP contribution in [0.15, 0.2) is 11.2 Å². The van der Waals surface area contributed by atoms with E-state index in [1.165, 1.54) is 11.8 Å². The number of aromatic nitrogens is 2. The van der Waals surface area contributed by atoms with Crippen molar-refractivity contribution in [1.29, 1.82) is 0 Å². The van der Waals surface area contributed by atoms with Gasteiger partial charge in [-0.1, -0.05) is 11.8 Å². The van der Waals surface area contributed by atoms with Crippen LogP contribution in [0.1, 0.15) is 18.3 Å². The number of rotatable bonds is 3. The number of amidine groups is 1. The smallest absolute Gasteiger partial charge is 0.177 e. The third kappa shape index (κ3) is 2.66. The van der Waals surface area contributed by atoms with Gasteiger partial charge in [-0.3, -0.25) is 4.68 Å². The molecular formula is C8H15N5S. The Morgan fingerprint density at radius 2 is 2.43 bits per heavy atom. The van der Waals surface area contributed by atoms with E-state index in [1.54, 1.807) is 0 Å². The van der Waals surface area contributed by atoms with Gasteiger partial charge in [0.1, 0.15) is 0 Å². The first-order valence-corrected chi connectivity index (χ1v) is 5.35. The highest BCUT2D eigenvalue weighted by molar-refractivity contribution is 8.13. The van der Waals surface area contributed by atoms with Crippen molar-refractivity contribution < 1.29 is 0 Å². The molecule has 1 aromatic heterocycles. The zero-order valence-electron chi connectivity index (χ0n) is 8.40. The van der Waals surface area contributed by atoms with Gasteiger partial charge in [0.2, 0.25) is 0 Å². The lowest BCUT2D eigenvalue weighted by atomic mass is 10.4. The molecule has 0 aliphatic rings. The van der Waals surface area contributed by atoms with E-state index in [9.17, 15) is 0 Å². The van der Waals surface area contributed by atoms with Gasteiger partial charge in [0, 0.05) is 18.0 Å². The largest absolute Gasteiger partial charge is 0.377 e. The summed E-state index contributed by atoms with van der Waals surface area (Å²) in [5, 5.41) is 8.11. The van der Waals surface area contributed by atoms with E-state index in [1.807, 2.05) is 17.7 Å². The zero-order chi connectivity index (χ0) is 10.6. The van der Waals surface area contributed by atoms with Crippen molar-refractivity contribution in [1.82, 2.24) is 9.78 Å². The Morgan fingerprint density at radius 1 is 1.71 bits per heavy atom. The summed E-state index contributed by atoms with van der Waals surface area (Å²) in [5.74, 6) is 5.78. The average molecular weight is 213 g/mol. The third-order valence-corrected chi connectivity index (χ3v) is 2.62. The van der Waals surface area contributed by atoms with Crippen molar-refractivity contribution in [2.24, 2.45) is 16.7 Å². The molecule has 5 nitrogen and oxygen atoms in total. The summed E-state index contributed by atoms with van der Waals surface area (Å²) in [7, 11) is 0. The van der Waals surface area contributed by atoms with Crippen LogP contribution >= 0.6 is 11.8 Å². The first kappa shape index (κ1) is 10.9. The van der Waals surface area contributed by atoms with Crippen LogP contribution in [0, 0.1) is 6.92 Å². The molecule has 1 aromatic rings. The minimum Gasteiger partial charge on any atom is -0.377 e. The van der Waals surface area contributed by atoms with Gasteiger partial charge in [0.05, 0.1) is 5.69 Å². The summed E-state index contributed by atoms with van der Waals surface area (Å²) in [6, 6.07) is 2.04. The molecule has 0 aliphatic heterocycles. The fraction of sp³-hybridized carbons (Fsp3) is 0.500. The van der Waals surface area contributed by atoms with Crippen LogP contribution < -0.4 is 11.6 Å². The highest BCUT2D eigenvalue weighted by atomic mass is 32.2. The SMILES string of the molecule is CCn1nc(C)cc1CSC(N)=NN. The second-order valence-corrected chi connectivity index (χ2v) is 3.84. The van der Waals surface area contributed by atoms with Crippen molar-refractivity contribution in [2.75, 3.05) is 0 Å². The fourth-order valence-corrected chi connectivity index (χ4v) is 1.78. The van der Waals surface area contributed by atoms with Crippen molar-refractivity contribution in [2.45, 2.75) is 26.1 Å². The molecule has 0 bridgehead atoms. The summed E-state index contributed by atoms with van der Waals surface area (Å²) in [4.78, 5) is 0. The van der Waals surface area contributed by atoms with E-state index in [2.05, 4.69) is 17.1 Å². The van der Waals surface area contributed by atoms with Crippen molar-refractivity contribution >= 4 is 16.9 Å². The highest BCUT2D eigenvalue weighted by Crippen LogP contribution is 2.13. The molecule has 1 rings (SSSR count). The number of nitrogens with zero attached hydrogens (tertiary/aromatic N) is 3. The number of nitrogens with two attached hydrogens (primary N) is 2. The van der Waals surface area contributed by atoms with Crippen LogP contribution in [0.4, 0.5) is 0 Å². The molecule has 0 atom stereocenters. The molecule has 4 N–H and O–H groups in total. The second-order valence-electron chi connectivity index (χ2n) is 2.85. The quantitative estimate of drug-likeness (QED) is 0.334. The molecule has 0 aromatic carbocycles. The predicted molar refractivity (Wildman–Crippen MR) is 59.7 cm³/mol. The Morgan fingerprint density at radius 3 is 3.00 bits per heavy atom. The van der Waals surface area contributed by atoms with Gasteiger partial charge >= 0.3 is 0 Å². The average Bonchev–Trinajstić information content (AvgIpc) is 2.55. The number of hydrazone groups is 1. The molecule has 0 amide bonds. The molecule has 6 heteroatoms. The molecule has 1 heterocycles. The van der Waals surface area contributed by atoms with Crippen LogP contribution in [0.25, 0.3) is 0 Å². The van der Waals surface area contributed by atoms with Gasteiger partial charge in [-0.2, -0.15) is 10.2 Å². The summed E-state index contributed by atoms with van der Waals surface area (Å²) in [6.07, 6.45) is 0. The van der Waals surface area contributed by atoms with Gasteiger partial charge in [-0.15, -0.1) is 0 Å². The van der Waals surface area contributed by atoms with Gasteiger partial charge in [-0.25, -0.2) is 0 Å². The van der Waals surface area contributed by atoms with Gasteiger partial charge in [0.25, 0.3) is 0 Å². The number of hydrogen-bond donors (Lipinski definition) is 2. The van der Waals surface area contributed by atoms with Crippen molar-refractivity contribution in [3.8, 4) is 0 Å². The maximum atomic E-state index is 5.48. The Bertz CT molecular complexity index is 330. The molecule has 0 radical (unpaired) electrons. The lowest BCUT2D eigenvalue weighted by Crippen LogP contribution is -2.10. The Labute approximate surface area is 87.5 Å². The van der Waals surface area contributed by atoms with Crippen molar-refractivity contribution in [3.63, 3.8) is 0 Å². The van der Waals surface area contributed by atoms with Gasteiger partial charge < -0.3 is 11.6 Å². The van der Waals surface area contributed by atoms with E-state index in [4.69, 9.17) is 11.6 Å². The first-order chi connectivity index (χ1) is 6.67. The molecule has 0 aliphatic carbocycles. The van der Waals surface area contributed by atoms with E-state index in [0.29, 0.717) is 5.17 Å². The summed E-state index contributed by atoms with van der Waals surface area (Å²) in [5.41, 5.74) is 7.64. The first-order valence-electron chi connectivity index (χ1n) is 4.36.